The molecular formula is C8H4BrIO. The van der Waals surface area contributed by atoms with E-state index in [1.165, 1.54) is 0 Å². The molecule has 56 valence electrons. The van der Waals surface area contributed by atoms with Gasteiger partial charge in [-0.15, -0.1) is 0 Å². The quantitative estimate of drug-likeness (QED) is 0.672. The average molecular weight is 323 g/mol. The Morgan fingerprint density at radius 2 is 2.09 bits per heavy atom. The fourth-order valence-electron chi connectivity index (χ4n) is 0.982. The molecule has 3 heteroatoms. The van der Waals surface area contributed by atoms with E-state index in [1.54, 1.807) is 0 Å². The van der Waals surface area contributed by atoms with Crippen LogP contribution >= 0.6 is 38.5 Å². The highest BCUT2D eigenvalue weighted by Crippen LogP contribution is 2.23. The molecule has 0 saturated carbocycles. The van der Waals surface area contributed by atoms with Gasteiger partial charge in [0, 0.05) is 9.86 Å². The Balaban J connectivity index is 2.82. The maximum Gasteiger partial charge on any atom is 0.165 e. The minimum Gasteiger partial charge on any atom is -0.450 e. The Morgan fingerprint density at radius 3 is 2.91 bits per heavy atom. The second kappa shape index (κ2) is 2.79. The minimum absolute atomic E-state index is 0.927. The van der Waals surface area contributed by atoms with Crippen LogP contribution in [-0.4, -0.2) is 0 Å². The summed E-state index contributed by atoms with van der Waals surface area (Å²) in [6.45, 7) is 0. The van der Waals surface area contributed by atoms with Gasteiger partial charge in [0.2, 0.25) is 0 Å². The van der Waals surface area contributed by atoms with Crippen LogP contribution in [0.4, 0.5) is 0 Å². The molecule has 0 saturated heterocycles. The van der Waals surface area contributed by atoms with Crippen LogP contribution in [0.25, 0.3) is 11.0 Å². The third kappa shape index (κ3) is 1.44. The monoisotopic (exact) mass is 322 g/mol. The topological polar surface area (TPSA) is 13.1 Å². The summed E-state index contributed by atoms with van der Waals surface area (Å²) >= 11 is 5.56. The molecule has 2 rings (SSSR count). The number of hydrogen-bond acceptors (Lipinski definition) is 1. The minimum atomic E-state index is 0.927. The second-order valence-electron chi connectivity index (χ2n) is 2.23. The standard InChI is InChI=1S/C8H4BrIO/c9-6-1-2-7-5(3-6)4-8(10)11-7/h1-4H. The summed E-state index contributed by atoms with van der Waals surface area (Å²) in [6.07, 6.45) is 0. The maximum absolute atomic E-state index is 5.39. The van der Waals surface area contributed by atoms with Crippen molar-refractivity contribution in [3.8, 4) is 0 Å². The summed E-state index contributed by atoms with van der Waals surface area (Å²) in [7, 11) is 0. The molecule has 0 amide bonds. The van der Waals surface area contributed by atoms with Gasteiger partial charge in [0.15, 0.2) is 3.77 Å². The van der Waals surface area contributed by atoms with E-state index in [0.29, 0.717) is 0 Å². The first-order valence-corrected chi connectivity index (χ1v) is 4.97. The lowest BCUT2D eigenvalue weighted by Crippen LogP contribution is -1.62. The van der Waals surface area contributed by atoms with Crippen LogP contribution in [0.1, 0.15) is 0 Å². The highest BCUT2D eigenvalue weighted by molar-refractivity contribution is 14.1. The normalized spacial score (nSPS) is 10.7. The molecule has 1 aromatic heterocycles. The van der Waals surface area contributed by atoms with Crippen molar-refractivity contribution < 1.29 is 4.42 Å². The van der Waals surface area contributed by atoms with E-state index in [-0.39, 0.29) is 0 Å². The van der Waals surface area contributed by atoms with Crippen molar-refractivity contribution in [3.63, 3.8) is 0 Å². The molecule has 0 aliphatic heterocycles. The molecule has 0 N–H and O–H groups in total. The SMILES string of the molecule is Brc1ccc2oc(I)cc2c1. The van der Waals surface area contributed by atoms with Crippen molar-refractivity contribution in [3.05, 3.63) is 32.5 Å². The predicted octanol–water partition coefficient (Wildman–Crippen LogP) is 3.80. The zero-order valence-corrected chi connectivity index (χ0v) is 9.22. The highest BCUT2D eigenvalue weighted by atomic mass is 127. The fourth-order valence-corrected chi connectivity index (χ4v) is 1.93. The molecule has 2 aromatic rings. The van der Waals surface area contributed by atoms with Gasteiger partial charge in [-0.25, -0.2) is 0 Å². The second-order valence-corrected chi connectivity index (χ2v) is 4.21. The average Bonchev–Trinajstić information content (AvgIpc) is 2.27. The van der Waals surface area contributed by atoms with E-state index in [0.717, 1.165) is 19.2 Å². The van der Waals surface area contributed by atoms with E-state index in [4.69, 9.17) is 4.42 Å². The van der Waals surface area contributed by atoms with Crippen LogP contribution in [0.2, 0.25) is 0 Å². The number of halogens is 2. The lowest BCUT2D eigenvalue weighted by atomic mass is 10.3. The Bertz CT molecular complexity index is 394. The van der Waals surface area contributed by atoms with Crippen LogP contribution in [0.3, 0.4) is 0 Å². The van der Waals surface area contributed by atoms with Crippen molar-refractivity contribution in [2.24, 2.45) is 0 Å². The van der Waals surface area contributed by atoms with Gasteiger partial charge in [-0.05, 0) is 46.9 Å². The van der Waals surface area contributed by atoms with Gasteiger partial charge in [-0.3, -0.25) is 0 Å². The van der Waals surface area contributed by atoms with E-state index in [1.807, 2.05) is 24.3 Å². The van der Waals surface area contributed by atoms with Gasteiger partial charge < -0.3 is 4.42 Å². The number of furan rings is 1. The first kappa shape index (κ1) is 7.61. The van der Waals surface area contributed by atoms with Crippen molar-refractivity contribution in [2.45, 2.75) is 0 Å². The molecule has 0 atom stereocenters. The van der Waals surface area contributed by atoms with Crippen molar-refractivity contribution in [1.29, 1.82) is 0 Å². The molecule has 1 nitrogen and oxygen atoms in total. The summed E-state index contributed by atoms with van der Waals surface area (Å²) in [5.74, 6) is 0. The lowest BCUT2D eigenvalue weighted by Gasteiger charge is -1.87. The van der Waals surface area contributed by atoms with Gasteiger partial charge in [-0.1, -0.05) is 15.9 Å². The van der Waals surface area contributed by atoms with Crippen LogP contribution in [0.5, 0.6) is 0 Å². The zero-order valence-electron chi connectivity index (χ0n) is 5.47. The lowest BCUT2D eigenvalue weighted by molar-refractivity contribution is 0.584. The third-order valence-electron chi connectivity index (χ3n) is 1.45. The number of benzene rings is 1. The van der Waals surface area contributed by atoms with Gasteiger partial charge in [0.05, 0.1) is 0 Å². The molecular weight excluding hydrogens is 319 g/mol. The summed E-state index contributed by atoms with van der Waals surface area (Å²) in [5, 5.41) is 1.14. The molecule has 0 aliphatic carbocycles. The third-order valence-corrected chi connectivity index (χ3v) is 2.47. The van der Waals surface area contributed by atoms with E-state index in [2.05, 4.69) is 38.5 Å². The van der Waals surface area contributed by atoms with E-state index in [9.17, 15) is 0 Å². The fraction of sp³-hybridized carbons (Fsp3) is 0. The van der Waals surface area contributed by atoms with E-state index < -0.39 is 0 Å². The molecule has 1 heterocycles. The number of fused-ring (bicyclic) bond motifs is 1. The predicted molar refractivity (Wildman–Crippen MR) is 56.6 cm³/mol. The molecule has 0 aliphatic rings. The van der Waals surface area contributed by atoms with E-state index >= 15 is 0 Å². The highest BCUT2D eigenvalue weighted by Gasteiger charge is 1.99. The number of rotatable bonds is 0. The molecule has 0 spiro atoms. The molecule has 11 heavy (non-hydrogen) atoms. The molecule has 0 unspecified atom stereocenters. The molecule has 0 bridgehead atoms. The van der Waals surface area contributed by atoms with Crippen molar-refractivity contribution in [1.82, 2.24) is 0 Å². The van der Waals surface area contributed by atoms with Gasteiger partial charge in [-0.2, -0.15) is 0 Å². The molecule has 0 fully saturated rings. The Hall–Kier alpha value is -0.0300. The number of hydrogen-bond donors (Lipinski definition) is 0. The summed E-state index contributed by atoms with van der Waals surface area (Å²) in [5.41, 5.74) is 0.942. The first-order chi connectivity index (χ1) is 5.25. The maximum atomic E-state index is 5.39. The van der Waals surface area contributed by atoms with Crippen molar-refractivity contribution in [2.75, 3.05) is 0 Å². The Morgan fingerprint density at radius 1 is 1.27 bits per heavy atom. The first-order valence-electron chi connectivity index (χ1n) is 3.10. The smallest absolute Gasteiger partial charge is 0.165 e. The summed E-state index contributed by atoms with van der Waals surface area (Å²) < 4.78 is 7.40. The van der Waals surface area contributed by atoms with Crippen LogP contribution < -0.4 is 0 Å². The summed E-state index contributed by atoms with van der Waals surface area (Å²) in [6, 6.07) is 7.99. The summed E-state index contributed by atoms with van der Waals surface area (Å²) in [4.78, 5) is 0. The van der Waals surface area contributed by atoms with Crippen LogP contribution in [-0.2, 0) is 0 Å². The van der Waals surface area contributed by atoms with Gasteiger partial charge >= 0.3 is 0 Å². The van der Waals surface area contributed by atoms with Crippen molar-refractivity contribution >= 4 is 49.5 Å². The zero-order chi connectivity index (χ0) is 7.84. The molecule has 0 radical (unpaired) electrons. The van der Waals surface area contributed by atoms with Crippen LogP contribution in [0.15, 0.2) is 33.2 Å². The molecule has 1 aromatic carbocycles. The van der Waals surface area contributed by atoms with Gasteiger partial charge in [0.25, 0.3) is 0 Å². The van der Waals surface area contributed by atoms with Gasteiger partial charge in [0.1, 0.15) is 5.58 Å². The Kier molecular flexibility index (Phi) is 1.93. The largest absolute Gasteiger partial charge is 0.450 e. The van der Waals surface area contributed by atoms with Crippen LogP contribution in [0, 0.1) is 3.77 Å². The Labute approximate surface area is 86.0 Å².